The van der Waals surface area contributed by atoms with Gasteiger partial charge in [-0.05, 0) is 72.7 Å². The second-order valence-electron chi connectivity index (χ2n) is 8.85. The maximum absolute atomic E-state index is 6.32. The average molecular weight is 443 g/mol. The molecule has 0 radical (unpaired) electrons. The van der Waals surface area contributed by atoms with Gasteiger partial charge in [0.25, 0.3) is 0 Å². The summed E-state index contributed by atoms with van der Waals surface area (Å²) < 4.78 is 14.6. The molecular formula is C29H34N2O2. The molecule has 0 aliphatic carbocycles. The van der Waals surface area contributed by atoms with E-state index >= 15 is 0 Å². The Hall–Kier alpha value is -3.27. The number of rotatable bonds is 10. The number of aromatic nitrogens is 2. The van der Waals surface area contributed by atoms with Crippen molar-refractivity contribution in [3.05, 3.63) is 89.2 Å². The first-order chi connectivity index (χ1) is 16.0. The van der Waals surface area contributed by atoms with E-state index in [1.54, 1.807) is 0 Å². The van der Waals surface area contributed by atoms with Crippen LogP contribution in [0.5, 0.6) is 11.5 Å². The van der Waals surface area contributed by atoms with Crippen molar-refractivity contribution >= 4 is 11.0 Å². The third-order valence-electron chi connectivity index (χ3n) is 6.01. The lowest BCUT2D eigenvalue weighted by Crippen LogP contribution is -2.11. The monoisotopic (exact) mass is 442 g/mol. The molecule has 172 valence electrons. The third kappa shape index (κ3) is 5.57. The van der Waals surface area contributed by atoms with Gasteiger partial charge in [0.05, 0.1) is 17.6 Å². The molecule has 0 unspecified atom stereocenters. The molecule has 0 aliphatic heterocycles. The van der Waals surface area contributed by atoms with Crippen molar-refractivity contribution in [2.75, 3.05) is 6.61 Å². The number of imidazole rings is 1. The summed E-state index contributed by atoms with van der Waals surface area (Å²) in [5, 5.41) is 0. The molecule has 4 aromatic rings. The highest BCUT2D eigenvalue weighted by atomic mass is 16.5. The predicted molar refractivity (Wildman–Crippen MR) is 135 cm³/mol. The average Bonchev–Trinajstić information content (AvgIpc) is 3.18. The van der Waals surface area contributed by atoms with Crippen molar-refractivity contribution in [3.8, 4) is 11.5 Å². The number of hydrogen-bond donors (Lipinski definition) is 0. The van der Waals surface area contributed by atoms with E-state index in [0.29, 0.717) is 19.1 Å². The van der Waals surface area contributed by atoms with Gasteiger partial charge in [0.15, 0.2) is 0 Å². The van der Waals surface area contributed by atoms with Gasteiger partial charge in [0.1, 0.15) is 23.9 Å². The van der Waals surface area contributed by atoms with Crippen molar-refractivity contribution in [3.63, 3.8) is 0 Å². The Morgan fingerprint density at radius 1 is 0.939 bits per heavy atom. The predicted octanol–water partition coefficient (Wildman–Crippen LogP) is 7.08. The minimum Gasteiger partial charge on any atom is -0.494 e. The number of benzene rings is 3. The van der Waals surface area contributed by atoms with Gasteiger partial charge in [0.2, 0.25) is 0 Å². The number of para-hydroxylation sites is 2. The van der Waals surface area contributed by atoms with Gasteiger partial charge < -0.3 is 14.0 Å². The lowest BCUT2D eigenvalue weighted by molar-refractivity contribution is 0.277. The SMILES string of the molecule is CCc1ccc(OCCCn2c(COc3cc(C)ccc3C(C)C)nc3ccccc32)cc1. The molecular weight excluding hydrogens is 408 g/mol. The van der Waals surface area contributed by atoms with Crippen LogP contribution in [0.1, 0.15) is 55.6 Å². The Bertz CT molecular complexity index is 1190. The molecule has 0 saturated carbocycles. The van der Waals surface area contributed by atoms with E-state index in [0.717, 1.165) is 47.7 Å². The second-order valence-corrected chi connectivity index (χ2v) is 8.85. The summed E-state index contributed by atoms with van der Waals surface area (Å²) in [5.41, 5.74) is 5.89. The van der Waals surface area contributed by atoms with Crippen molar-refractivity contribution in [1.29, 1.82) is 0 Å². The normalized spacial score (nSPS) is 11.3. The fourth-order valence-electron chi connectivity index (χ4n) is 4.11. The van der Waals surface area contributed by atoms with Crippen LogP contribution in [0.15, 0.2) is 66.7 Å². The van der Waals surface area contributed by atoms with Crippen molar-refractivity contribution in [1.82, 2.24) is 9.55 Å². The largest absolute Gasteiger partial charge is 0.494 e. The summed E-state index contributed by atoms with van der Waals surface area (Å²) in [6.07, 6.45) is 1.94. The Balaban J connectivity index is 1.46. The number of nitrogens with zero attached hydrogens (tertiary/aromatic N) is 2. The highest BCUT2D eigenvalue weighted by molar-refractivity contribution is 5.75. The number of hydrogen-bond acceptors (Lipinski definition) is 3. The van der Waals surface area contributed by atoms with Gasteiger partial charge in [-0.2, -0.15) is 0 Å². The van der Waals surface area contributed by atoms with Crippen LogP contribution in [0, 0.1) is 6.92 Å². The van der Waals surface area contributed by atoms with Gasteiger partial charge in [-0.3, -0.25) is 0 Å². The minimum atomic E-state index is 0.406. The van der Waals surface area contributed by atoms with Crippen LogP contribution in [-0.2, 0) is 19.6 Å². The first-order valence-corrected chi connectivity index (χ1v) is 11.9. The Kier molecular flexibility index (Phi) is 7.33. The molecule has 4 heteroatoms. The molecule has 0 amide bonds. The number of aryl methyl sites for hydroxylation is 3. The van der Waals surface area contributed by atoms with Gasteiger partial charge >= 0.3 is 0 Å². The quantitative estimate of drug-likeness (QED) is 0.246. The fraction of sp³-hybridized carbons (Fsp3) is 0.345. The first kappa shape index (κ1) is 22.9. The van der Waals surface area contributed by atoms with Gasteiger partial charge in [-0.1, -0.05) is 57.2 Å². The summed E-state index contributed by atoms with van der Waals surface area (Å²) in [6, 6.07) is 23.1. The third-order valence-corrected chi connectivity index (χ3v) is 6.01. The van der Waals surface area contributed by atoms with E-state index in [1.807, 2.05) is 6.07 Å². The Morgan fingerprint density at radius 2 is 1.73 bits per heavy atom. The summed E-state index contributed by atoms with van der Waals surface area (Å²) in [7, 11) is 0. The van der Waals surface area contributed by atoms with E-state index < -0.39 is 0 Å². The van der Waals surface area contributed by atoms with Gasteiger partial charge in [0, 0.05) is 6.54 Å². The van der Waals surface area contributed by atoms with Crippen molar-refractivity contribution in [2.45, 2.75) is 59.6 Å². The van der Waals surface area contributed by atoms with Crippen LogP contribution < -0.4 is 9.47 Å². The molecule has 3 aromatic carbocycles. The zero-order chi connectivity index (χ0) is 23.2. The summed E-state index contributed by atoms with van der Waals surface area (Å²) in [4.78, 5) is 4.88. The van der Waals surface area contributed by atoms with E-state index in [-0.39, 0.29) is 0 Å². The fourth-order valence-corrected chi connectivity index (χ4v) is 4.11. The van der Waals surface area contributed by atoms with Crippen LogP contribution in [0.2, 0.25) is 0 Å². The van der Waals surface area contributed by atoms with Crippen molar-refractivity contribution < 1.29 is 9.47 Å². The standard InChI is InChI=1S/C29H34N2O2/c1-5-23-12-14-24(15-13-23)32-18-8-17-31-27-10-7-6-9-26(27)30-29(31)20-33-28-19-22(4)11-16-25(28)21(2)3/h6-7,9-16,19,21H,5,8,17-18,20H2,1-4H3. The summed E-state index contributed by atoms with van der Waals surface area (Å²) in [5.74, 6) is 3.22. The number of fused-ring (bicyclic) bond motifs is 1. The van der Waals surface area contributed by atoms with Crippen molar-refractivity contribution in [2.24, 2.45) is 0 Å². The maximum atomic E-state index is 6.32. The highest BCUT2D eigenvalue weighted by Crippen LogP contribution is 2.28. The van der Waals surface area contributed by atoms with Gasteiger partial charge in [-0.25, -0.2) is 4.98 Å². The Labute approximate surface area is 197 Å². The van der Waals surface area contributed by atoms with Gasteiger partial charge in [-0.15, -0.1) is 0 Å². The van der Waals surface area contributed by atoms with E-state index in [4.69, 9.17) is 14.5 Å². The molecule has 0 fully saturated rings. The topological polar surface area (TPSA) is 36.3 Å². The molecule has 0 N–H and O–H groups in total. The molecule has 1 aromatic heterocycles. The van der Waals surface area contributed by atoms with Crippen LogP contribution in [0.4, 0.5) is 0 Å². The van der Waals surface area contributed by atoms with Crippen LogP contribution in [0.3, 0.4) is 0 Å². The molecule has 0 atom stereocenters. The highest BCUT2D eigenvalue weighted by Gasteiger charge is 2.13. The second kappa shape index (κ2) is 10.6. The van der Waals surface area contributed by atoms with E-state index in [1.165, 1.54) is 16.7 Å². The number of ether oxygens (including phenoxy) is 2. The molecule has 1 heterocycles. The smallest absolute Gasteiger partial charge is 0.148 e. The first-order valence-electron chi connectivity index (χ1n) is 11.9. The molecule has 0 bridgehead atoms. The molecule has 0 saturated heterocycles. The lowest BCUT2D eigenvalue weighted by atomic mass is 10.0. The molecule has 0 spiro atoms. The zero-order valence-corrected chi connectivity index (χ0v) is 20.2. The summed E-state index contributed by atoms with van der Waals surface area (Å²) in [6.45, 7) is 10.6. The van der Waals surface area contributed by atoms with Crippen LogP contribution in [0.25, 0.3) is 11.0 Å². The minimum absolute atomic E-state index is 0.406. The Morgan fingerprint density at radius 3 is 2.48 bits per heavy atom. The molecule has 0 aliphatic rings. The molecule has 4 nitrogen and oxygen atoms in total. The van der Waals surface area contributed by atoms with E-state index in [9.17, 15) is 0 Å². The lowest BCUT2D eigenvalue weighted by Gasteiger charge is -2.16. The molecule has 4 rings (SSSR count). The van der Waals surface area contributed by atoms with Crippen LogP contribution >= 0.6 is 0 Å². The summed E-state index contributed by atoms with van der Waals surface area (Å²) >= 11 is 0. The molecule has 33 heavy (non-hydrogen) atoms. The zero-order valence-electron chi connectivity index (χ0n) is 20.2. The van der Waals surface area contributed by atoms with Crippen LogP contribution in [-0.4, -0.2) is 16.2 Å². The maximum Gasteiger partial charge on any atom is 0.148 e. The van der Waals surface area contributed by atoms with E-state index in [2.05, 4.69) is 92.9 Å².